The zero-order valence-corrected chi connectivity index (χ0v) is 11.7. The molecule has 4 nitrogen and oxygen atoms in total. The van der Waals surface area contributed by atoms with Crippen LogP contribution in [0.2, 0.25) is 5.02 Å². The fourth-order valence-electron chi connectivity index (χ4n) is 2.30. The first-order chi connectivity index (χ1) is 9.74. The lowest BCUT2D eigenvalue weighted by atomic mass is 10.1. The van der Waals surface area contributed by atoms with Crippen LogP contribution in [-0.4, -0.2) is 15.8 Å². The van der Waals surface area contributed by atoms with Crippen molar-refractivity contribution in [3.63, 3.8) is 0 Å². The lowest BCUT2D eigenvalue weighted by molar-refractivity contribution is 0.0981. The Morgan fingerprint density at radius 2 is 1.95 bits per heavy atom. The van der Waals surface area contributed by atoms with E-state index in [0.717, 1.165) is 30.6 Å². The number of Topliss-reactive ketones (excluding diaryl/α,β-unsaturated/α-hetero) is 1. The quantitative estimate of drug-likeness (QED) is 0.854. The van der Waals surface area contributed by atoms with Crippen LogP contribution >= 0.6 is 11.6 Å². The summed E-state index contributed by atoms with van der Waals surface area (Å²) in [5.74, 6) is 0.619. The van der Waals surface area contributed by atoms with Crippen LogP contribution in [0.15, 0.2) is 30.5 Å². The highest BCUT2D eigenvalue weighted by molar-refractivity contribution is 6.33. The third kappa shape index (κ3) is 2.65. The number of halogens is 1. The predicted molar refractivity (Wildman–Crippen MR) is 78.7 cm³/mol. The molecule has 0 unspecified atom stereocenters. The standard InChI is InChI=1S/C15H14ClN3O/c16-11-5-1-2-7-13(11)19-15-17-9-10-12(18-15)6-3-4-8-14(10)20/h1-2,5,7,9H,3-4,6,8H2,(H,17,18,19). The number of fused-ring (bicyclic) bond motifs is 1. The Morgan fingerprint density at radius 1 is 1.15 bits per heavy atom. The van der Waals surface area contributed by atoms with Crippen molar-refractivity contribution in [2.45, 2.75) is 25.7 Å². The van der Waals surface area contributed by atoms with E-state index in [0.29, 0.717) is 23.0 Å². The summed E-state index contributed by atoms with van der Waals surface area (Å²) in [6.07, 6.45) is 4.94. The number of para-hydroxylation sites is 1. The summed E-state index contributed by atoms with van der Waals surface area (Å²) in [5.41, 5.74) is 2.25. The molecule has 5 heteroatoms. The second-order valence-electron chi connectivity index (χ2n) is 4.79. The first-order valence-corrected chi connectivity index (χ1v) is 7.02. The maximum absolute atomic E-state index is 11.9. The summed E-state index contributed by atoms with van der Waals surface area (Å²) in [5, 5.41) is 3.71. The molecule has 0 saturated heterocycles. The van der Waals surface area contributed by atoms with Gasteiger partial charge in [-0.2, -0.15) is 0 Å². The Labute approximate surface area is 122 Å². The van der Waals surface area contributed by atoms with Crippen LogP contribution in [-0.2, 0) is 6.42 Å². The topological polar surface area (TPSA) is 54.9 Å². The Bertz CT molecular complexity index is 657. The molecular weight excluding hydrogens is 274 g/mol. The molecular formula is C15H14ClN3O. The van der Waals surface area contributed by atoms with Crippen LogP contribution < -0.4 is 5.32 Å². The van der Waals surface area contributed by atoms with E-state index in [2.05, 4.69) is 15.3 Å². The van der Waals surface area contributed by atoms with Crippen molar-refractivity contribution in [2.24, 2.45) is 0 Å². The second-order valence-corrected chi connectivity index (χ2v) is 5.20. The molecule has 1 aliphatic rings. The summed E-state index contributed by atoms with van der Waals surface area (Å²) in [6, 6.07) is 7.42. The van der Waals surface area contributed by atoms with Gasteiger partial charge in [0.2, 0.25) is 5.95 Å². The molecule has 0 atom stereocenters. The molecule has 102 valence electrons. The number of aromatic nitrogens is 2. The van der Waals surface area contributed by atoms with Gasteiger partial charge in [-0.25, -0.2) is 9.97 Å². The predicted octanol–water partition coefficient (Wildman–Crippen LogP) is 3.78. The minimum atomic E-state index is 0.141. The van der Waals surface area contributed by atoms with Crippen LogP contribution in [0.5, 0.6) is 0 Å². The van der Waals surface area contributed by atoms with Crippen molar-refractivity contribution in [1.29, 1.82) is 0 Å². The number of aryl methyl sites for hydroxylation is 1. The molecule has 1 N–H and O–H groups in total. The zero-order valence-electron chi connectivity index (χ0n) is 10.9. The molecule has 1 heterocycles. The van der Waals surface area contributed by atoms with Crippen molar-refractivity contribution >= 4 is 29.0 Å². The van der Waals surface area contributed by atoms with E-state index in [4.69, 9.17) is 11.6 Å². The smallest absolute Gasteiger partial charge is 0.227 e. The van der Waals surface area contributed by atoms with Gasteiger partial charge in [-0.3, -0.25) is 4.79 Å². The summed E-state index contributed by atoms with van der Waals surface area (Å²) in [7, 11) is 0. The first kappa shape index (κ1) is 13.1. The third-order valence-electron chi connectivity index (χ3n) is 3.36. The Morgan fingerprint density at radius 3 is 2.80 bits per heavy atom. The first-order valence-electron chi connectivity index (χ1n) is 6.65. The number of ketones is 1. The number of anilines is 2. The maximum Gasteiger partial charge on any atom is 0.227 e. The summed E-state index contributed by atoms with van der Waals surface area (Å²) < 4.78 is 0. The van der Waals surface area contributed by atoms with Crippen molar-refractivity contribution < 1.29 is 4.79 Å². The Hall–Kier alpha value is -1.94. The second kappa shape index (κ2) is 5.59. The van der Waals surface area contributed by atoms with Crippen molar-refractivity contribution in [3.8, 4) is 0 Å². The van der Waals surface area contributed by atoms with Gasteiger partial charge in [0.05, 0.1) is 22.0 Å². The molecule has 0 amide bonds. The summed E-state index contributed by atoms with van der Waals surface area (Å²) in [4.78, 5) is 20.6. The highest BCUT2D eigenvalue weighted by Crippen LogP contribution is 2.24. The van der Waals surface area contributed by atoms with Crippen LogP contribution in [0.3, 0.4) is 0 Å². The van der Waals surface area contributed by atoms with Crippen LogP contribution in [0, 0.1) is 0 Å². The average Bonchev–Trinajstić information content (AvgIpc) is 2.63. The molecule has 0 radical (unpaired) electrons. The number of carbonyl (C=O) groups excluding carboxylic acids is 1. The molecule has 0 spiro atoms. The van der Waals surface area contributed by atoms with Gasteiger partial charge in [-0.05, 0) is 31.4 Å². The molecule has 0 aliphatic heterocycles. The lowest BCUT2D eigenvalue weighted by Gasteiger charge is -2.09. The number of benzene rings is 1. The zero-order chi connectivity index (χ0) is 13.9. The third-order valence-corrected chi connectivity index (χ3v) is 3.69. The van der Waals surface area contributed by atoms with Crippen LogP contribution in [0.25, 0.3) is 0 Å². The van der Waals surface area contributed by atoms with Crippen molar-refractivity contribution in [1.82, 2.24) is 9.97 Å². The van der Waals surface area contributed by atoms with E-state index in [9.17, 15) is 4.79 Å². The average molecular weight is 288 g/mol. The Kier molecular flexibility index (Phi) is 3.65. The van der Waals surface area contributed by atoms with E-state index in [1.807, 2.05) is 18.2 Å². The molecule has 2 aromatic rings. The number of hydrogen-bond donors (Lipinski definition) is 1. The SMILES string of the molecule is O=C1CCCCc2nc(Nc3ccccc3Cl)ncc21. The van der Waals surface area contributed by atoms with Crippen LogP contribution in [0.4, 0.5) is 11.6 Å². The number of nitrogens with zero attached hydrogens (tertiary/aromatic N) is 2. The molecule has 0 saturated carbocycles. The highest BCUT2D eigenvalue weighted by atomic mass is 35.5. The molecule has 0 bridgehead atoms. The van der Waals surface area contributed by atoms with E-state index < -0.39 is 0 Å². The number of rotatable bonds is 2. The van der Waals surface area contributed by atoms with Gasteiger partial charge in [-0.1, -0.05) is 23.7 Å². The van der Waals surface area contributed by atoms with Gasteiger partial charge in [0.1, 0.15) is 0 Å². The van der Waals surface area contributed by atoms with Gasteiger partial charge >= 0.3 is 0 Å². The highest BCUT2D eigenvalue weighted by Gasteiger charge is 2.17. The molecule has 3 rings (SSSR count). The van der Waals surface area contributed by atoms with E-state index >= 15 is 0 Å². The van der Waals surface area contributed by atoms with Crippen LogP contribution in [0.1, 0.15) is 35.3 Å². The van der Waals surface area contributed by atoms with Gasteiger partial charge in [0.25, 0.3) is 0 Å². The molecule has 0 fully saturated rings. The van der Waals surface area contributed by atoms with Gasteiger partial charge in [-0.15, -0.1) is 0 Å². The monoisotopic (exact) mass is 287 g/mol. The number of nitrogens with one attached hydrogen (secondary N) is 1. The van der Waals surface area contributed by atoms with Gasteiger partial charge < -0.3 is 5.32 Å². The minimum absolute atomic E-state index is 0.141. The van der Waals surface area contributed by atoms with Crippen molar-refractivity contribution in [2.75, 3.05) is 5.32 Å². The summed E-state index contributed by atoms with van der Waals surface area (Å²) >= 11 is 6.09. The molecule has 1 aliphatic carbocycles. The molecule has 20 heavy (non-hydrogen) atoms. The lowest BCUT2D eigenvalue weighted by Crippen LogP contribution is -2.07. The van der Waals surface area contributed by atoms with Gasteiger partial charge in [0.15, 0.2) is 5.78 Å². The molecule has 1 aromatic carbocycles. The van der Waals surface area contributed by atoms with E-state index in [1.54, 1.807) is 12.3 Å². The van der Waals surface area contributed by atoms with Gasteiger partial charge in [0, 0.05) is 12.6 Å². The fraction of sp³-hybridized carbons (Fsp3) is 0.267. The fourth-order valence-corrected chi connectivity index (χ4v) is 2.48. The molecule has 1 aromatic heterocycles. The normalized spacial score (nSPS) is 14.6. The Balaban J connectivity index is 1.91. The minimum Gasteiger partial charge on any atom is -0.323 e. The maximum atomic E-state index is 11.9. The van der Waals surface area contributed by atoms with Crippen molar-refractivity contribution in [3.05, 3.63) is 46.7 Å². The summed E-state index contributed by atoms with van der Waals surface area (Å²) in [6.45, 7) is 0. The number of hydrogen-bond acceptors (Lipinski definition) is 4. The number of carbonyl (C=O) groups is 1. The van der Waals surface area contributed by atoms with E-state index in [1.165, 1.54) is 0 Å². The largest absolute Gasteiger partial charge is 0.323 e. The van der Waals surface area contributed by atoms with E-state index in [-0.39, 0.29) is 5.78 Å².